The van der Waals surface area contributed by atoms with Gasteiger partial charge in [-0.2, -0.15) is 0 Å². The molecule has 0 amide bonds. The third kappa shape index (κ3) is 3.22. The molecule has 1 heterocycles. The van der Waals surface area contributed by atoms with Crippen molar-refractivity contribution in [2.75, 3.05) is 0 Å². The summed E-state index contributed by atoms with van der Waals surface area (Å²) in [4.78, 5) is 4.10. The fraction of sp³-hybridized carbons (Fsp3) is 0.357. The van der Waals surface area contributed by atoms with Gasteiger partial charge in [-0.25, -0.2) is 9.37 Å². The van der Waals surface area contributed by atoms with Crippen LogP contribution in [0.25, 0.3) is 5.69 Å². The predicted octanol–water partition coefficient (Wildman–Crippen LogP) is 3.82. The molecule has 1 atom stereocenters. The maximum absolute atomic E-state index is 13.9. The largest absolute Gasteiger partial charge is 0.323 e. The number of benzene rings is 1. The third-order valence-electron chi connectivity index (χ3n) is 2.94. The van der Waals surface area contributed by atoms with Crippen LogP contribution in [-0.4, -0.2) is 9.55 Å². The van der Waals surface area contributed by atoms with E-state index in [9.17, 15) is 4.39 Å². The fourth-order valence-electron chi connectivity index (χ4n) is 2.08. The first-order chi connectivity index (χ1) is 8.99. The number of rotatable bonds is 4. The fourth-order valence-corrected chi connectivity index (χ4v) is 2.43. The van der Waals surface area contributed by atoms with Crippen molar-refractivity contribution in [2.24, 2.45) is 11.7 Å². The van der Waals surface area contributed by atoms with Crippen molar-refractivity contribution in [3.05, 3.63) is 46.7 Å². The van der Waals surface area contributed by atoms with Crippen LogP contribution in [-0.2, 0) is 0 Å². The zero-order valence-electron chi connectivity index (χ0n) is 11.0. The molecule has 19 heavy (non-hydrogen) atoms. The minimum absolute atomic E-state index is 0.152. The molecular formula is C14H17BrFN3. The van der Waals surface area contributed by atoms with Crippen LogP contribution in [0.1, 0.15) is 32.0 Å². The van der Waals surface area contributed by atoms with Crippen molar-refractivity contribution in [3.63, 3.8) is 0 Å². The number of nitrogens with zero attached hydrogens (tertiary/aromatic N) is 2. The molecule has 5 heteroatoms. The predicted molar refractivity (Wildman–Crippen MR) is 77.6 cm³/mol. The van der Waals surface area contributed by atoms with Crippen molar-refractivity contribution >= 4 is 15.9 Å². The lowest BCUT2D eigenvalue weighted by Crippen LogP contribution is -2.17. The van der Waals surface area contributed by atoms with E-state index in [1.54, 1.807) is 29.2 Å². The van der Waals surface area contributed by atoms with E-state index in [0.29, 0.717) is 11.6 Å². The summed E-state index contributed by atoms with van der Waals surface area (Å²) in [6, 6.07) is 4.67. The lowest BCUT2D eigenvalue weighted by Gasteiger charge is -2.17. The van der Waals surface area contributed by atoms with Crippen molar-refractivity contribution in [3.8, 4) is 5.69 Å². The molecule has 0 aliphatic rings. The van der Waals surface area contributed by atoms with Crippen LogP contribution in [0.3, 0.4) is 0 Å². The maximum atomic E-state index is 13.9. The number of hydrogen-bond acceptors (Lipinski definition) is 2. The van der Waals surface area contributed by atoms with Gasteiger partial charge in [-0.15, -0.1) is 0 Å². The van der Waals surface area contributed by atoms with Gasteiger partial charge in [0.25, 0.3) is 0 Å². The van der Waals surface area contributed by atoms with Crippen LogP contribution in [0.4, 0.5) is 4.39 Å². The first-order valence-corrected chi connectivity index (χ1v) is 7.01. The number of imidazole rings is 1. The Morgan fingerprint density at radius 2 is 2.16 bits per heavy atom. The molecule has 0 saturated heterocycles. The monoisotopic (exact) mass is 325 g/mol. The lowest BCUT2D eigenvalue weighted by molar-refractivity contribution is 0.496. The van der Waals surface area contributed by atoms with Crippen LogP contribution < -0.4 is 5.73 Å². The molecular weight excluding hydrogens is 309 g/mol. The van der Waals surface area contributed by atoms with E-state index in [1.807, 2.05) is 0 Å². The van der Waals surface area contributed by atoms with Gasteiger partial charge in [0.2, 0.25) is 0 Å². The second kappa shape index (κ2) is 5.84. The minimum atomic E-state index is -0.292. The zero-order chi connectivity index (χ0) is 14.0. The van der Waals surface area contributed by atoms with Gasteiger partial charge < -0.3 is 5.73 Å². The van der Waals surface area contributed by atoms with Crippen LogP contribution in [0.2, 0.25) is 0 Å². The highest BCUT2D eigenvalue weighted by molar-refractivity contribution is 9.10. The molecule has 1 unspecified atom stereocenters. The summed E-state index contributed by atoms with van der Waals surface area (Å²) >= 11 is 3.35. The number of nitrogens with two attached hydrogens (primary N) is 1. The summed E-state index contributed by atoms with van der Waals surface area (Å²) in [5.41, 5.74) is 7.46. The average Bonchev–Trinajstić information content (AvgIpc) is 2.80. The van der Waals surface area contributed by atoms with Crippen molar-refractivity contribution in [1.29, 1.82) is 0 Å². The van der Waals surface area contributed by atoms with E-state index in [0.717, 1.165) is 16.6 Å². The Morgan fingerprint density at radius 1 is 1.42 bits per heavy atom. The topological polar surface area (TPSA) is 43.8 Å². The lowest BCUT2D eigenvalue weighted by atomic mass is 10.0. The van der Waals surface area contributed by atoms with Crippen LogP contribution in [0, 0.1) is 11.7 Å². The molecule has 0 spiro atoms. The molecule has 2 N–H and O–H groups in total. The average molecular weight is 326 g/mol. The molecule has 0 saturated carbocycles. The molecule has 0 radical (unpaired) electrons. The van der Waals surface area contributed by atoms with Crippen molar-refractivity contribution in [2.45, 2.75) is 26.3 Å². The Balaban J connectivity index is 2.41. The normalized spacial score (nSPS) is 12.9. The van der Waals surface area contributed by atoms with Gasteiger partial charge in [-0.1, -0.05) is 29.8 Å². The molecule has 2 aromatic rings. The molecule has 2 rings (SSSR count). The van der Waals surface area contributed by atoms with Crippen molar-refractivity contribution in [1.82, 2.24) is 9.55 Å². The summed E-state index contributed by atoms with van der Waals surface area (Å²) in [6.45, 7) is 4.22. The van der Waals surface area contributed by atoms with Gasteiger partial charge in [0.1, 0.15) is 5.82 Å². The second-order valence-corrected chi connectivity index (χ2v) is 5.94. The number of aromatic nitrogens is 2. The van der Waals surface area contributed by atoms with Gasteiger partial charge in [0, 0.05) is 10.5 Å². The second-order valence-electron chi connectivity index (χ2n) is 5.02. The van der Waals surface area contributed by atoms with E-state index in [4.69, 9.17) is 5.73 Å². The smallest absolute Gasteiger partial charge is 0.147 e. The summed E-state index contributed by atoms with van der Waals surface area (Å²) < 4.78 is 16.5. The molecule has 1 aromatic heterocycles. The molecule has 0 fully saturated rings. The summed E-state index contributed by atoms with van der Waals surface area (Å²) in [6.07, 6.45) is 4.13. The number of hydrogen-bond donors (Lipinski definition) is 1. The third-order valence-corrected chi connectivity index (χ3v) is 3.43. The Morgan fingerprint density at radius 3 is 2.84 bits per heavy atom. The number of halogens is 2. The molecule has 0 aliphatic carbocycles. The highest BCUT2D eigenvalue weighted by Gasteiger charge is 2.16. The first-order valence-electron chi connectivity index (χ1n) is 6.22. The van der Waals surface area contributed by atoms with Crippen LogP contribution >= 0.6 is 15.9 Å². The summed E-state index contributed by atoms with van der Waals surface area (Å²) in [5, 5.41) is 0. The minimum Gasteiger partial charge on any atom is -0.323 e. The Hall–Kier alpha value is -1.20. The molecule has 1 aromatic carbocycles. The Labute approximate surface area is 120 Å². The quantitative estimate of drug-likeness (QED) is 0.928. The van der Waals surface area contributed by atoms with Crippen LogP contribution in [0.15, 0.2) is 35.2 Å². The SMILES string of the molecule is CC(C)CC(N)c1cncn1-c1cc(Br)ccc1F. The molecule has 0 aliphatic heterocycles. The van der Waals surface area contributed by atoms with Crippen LogP contribution in [0.5, 0.6) is 0 Å². The Bertz CT molecular complexity index is 566. The standard InChI is InChI=1S/C14H17BrFN3/c1-9(2)5-12(17)14-7-18-8-19(14)13-6-10(15)3-4-11(13)16/h3-4,6-9,12H,5,17H2,1-2H3. The van der Waals surface area contributed by atoms with E-state index >= 15 is 0 Å². The van der Waals surface area contributed by atoms with E-state index < -0.39 is 0 Å². The molecule has 0 bridgehead atoms. The maximum Gasteiger partial charge on any atom is 0.147 e. The van der Waals surface area contributed by atoms with Crippen molar-refractivity contribution < 1.29 is 4.39 Å². The van der Waals surface area contributed by atoms with Gasteiger partial charge in [-0.05, 0) is 30.5 Å². The van der Waals surface area contributed by atoms with E-state index in [1.165, 1.54) is 6.07 Å². The summed E-state index contributed by atoms with van der Waals surface area (Å²) in [7, 11) is 0. The highest BCUT2D eigenvalue weighted by Crippen LogP contribution is 2.25. The first kappa shape index (κ1) is 14.2. The van der Waals surface area contributed by atoms with Gasteiger partial charge >= 0.3 is 0 Å². The van der Waals surface area contributed by atoms with Gasteiger partial charge in [0.05, 0.1) is 23.9 Å². The molecule has 102 valence electrons. The van der Waals surface area contributed by atoms with Gasteiger partial charge in [-0.3, -0.25) is 4.57 Å². The van der Waals surface area contributed by atoms with E-state index in [-0.39, 0.29) is 11.9 Å². The zero-order valence-corrected chi connectivity index (χ0v) is 12.6. The Kier molecular flexibility index (Phi) is 4.37. The highest BCUT2D eigenvalue weighted by atomic mass is 79.9. The summed E-state index contributed by atoms with van der Waals surface area (Å²) in [5.74, 6) is 0.185. The van der Waals surface area contributed by atoms with Gasteiger partial charge in [0.15, 0.2) is 0 Å². The van der Waals surface area contributed by atoms with E-state index in [2.05, 4.69) is 34.8 Å². The molecule has 3 nitrogen and oxygen atoms in total.